The van der Waals surface area contributed by atoms with E-state index in [1.807, 2.05) is 20.0 Å². The fourth-order valence-electron chi connectivity index (χ4n) is 6.45. The van der Waals surface area contributed by atoms with Gasteiger partial charge < -0.3 is 4.74 Å². The van der Waals surface area contributed by atoms with E-state index < -0.39 is 5.92 Å². The van der Waals surface area contributed by atoms with Crippen molar-refractivity contribution < 1.29 is 13.5 Å². The molecule has 3 aromatic heterocycles. The molecule has 3 saturated carbocycles. The number of nitrogens with zero attached hydrogens (tertiary/aromatic N) is 6. The van der Waals surface area contributed by atoms with E-state index in [9.17, 15) is 8.78 Å². The molecule has 184 valence electrons. The highest BCUT2D eigenvalue weighted by atomic mass is 19.3. The molecule has 0 bridgehead atoms. The molecule has 0 radical (unpaired) electrons. The Labute approximate surface area is 202 Å². The van der Waals surface area contributed by atoms with Crippen LogP contribution in [-0.2, 0) is 4.74 Å². The molecular weight excluding hydrogens is 450 g/mol. The molecule has 0 amide bonds. The largest absolute Gasteiger partial charge is 0.373 e. The van der Waals surface area contributed by atoms with Crippen LogP contribution in [0.4, 0.5) is 8.78 Å². The Bertz CT molecular complexity index is 1300. The van der Waals surface area contributed by atoms with Crippen molar-refractivity contribution in [3.63, 3.8) is 0 Å². The van der Waals surface area contributed by atoms with Crippen molar-refractivity contribution in [2.75, 3.05) is 6.61 Å². The Morgan fingerprint density at radius 2 is 1.74 bits per heavy atom. The molecule has 4 aliphatic rings. The summed E-state index contributed by atoms with van der Waals surface area (Å²) >= 11 is 0. The van der Waals surface area contributed by atoms with Crippen LogP contribution in [0.25, 0.3) is 11.2 Å². The van der Waals surface area contributed by atoms with Gasteiger partial charge in [0.15, 0.2) is 5.65 Å². The van der Waals surface area contributed by atoms with Gasteiger partial charge in [-0.05, 0) is 57.8 Å². The van der Waals surface area contributed by atoms with E-state index in [-0.39, 0.29) is 36.2 Å². The normalized spacial score (nSPS) is 27.7. The van der Waals surface area contributed by atoms with Crippen molar-refractivity contribution in [1.29, 1.82) is 0 Å². The lowest BCUT2D eigenvalue weighted by Crippen LogP contribution is -2.53. The lowest BCUT2D eigenvalue weighted by atomic mass is 9.49. The van der Waals surface area contributed by atoms with Crippen molar-refractivity contribution in [3.05, 3.63) is 40.9 Å². The van der Waals surface area contributed by atoms with Crippen LogP contribution >= 0.6 is 0 Å². The van der Waals surface area contributed by atoms with Crippen LogP contribution in [0.2, 0.25) is 0 Å². The Hall–Kier alpha value is -2.55. The highest BCUT2D eigenvalue weighted by Crippen LogP contribution is 2.67. The highest BCUT2D eigenvalue weighted by molar-refractivity contribution is 5.74. The maximum Gasteiger partial charge on any atom is 0.249 e. The minimum atomic E-state index is -2.50. The zero-order valence-corrected chi connectivity index (χ0v) is 20.2. The zero-order valence-electron chi connectivity index (χ0n) is 20.2. The van der Waals surface area contributed by atoms with Crippen molar-refractivity contribution in [2.24, 2.45) is 5.41 Å². The molecule has 0 unspecified atom stereocenters. The van der Waals surface area contributed by atoms with Gasteiger partial charge in [-0.3, -0.25) is 4.68 Å². The summed E-state index contributed by atoms with van der Waals surface area (Å²) in [5.74, 6) is -1.43. The number of hydrogen-bond acceptors (Lipinski definition) is 6. The molecule has 3 aliphatic carbocycles. The van der Waals surface area contributed by atoms with Crippen LogP contribution in [0.15, 0.2) is 12.4 Å². The molecular formula is C26H30F2N6O. The first-order chi connectivity index (χ1) is 16.8. The van der Waals surface area contributed by atoms with Crippen molar-refractivity contribution in [2.45, 2.75) is 95.1 Å². The molecule has 0 aromatic carbocycles. The topological polar surface area (TPSA) is 78.6 Å². The molecule has 2 atom stereocenters. The number of aryl methyl sites for hydroxylation is 2. The summed E-state index contributed by atoms with van der Waals surface area (Å²) in [6, 6.07) is 0.543. The van der Waals surface area contributed by atoms with Crippen LogP contribution in [0.5, 0.6) is 0 Å². The maximum atomic E-state index is 13.6. The summed E-state index contributed by atoms with van der Waals surface area (Å²) in [6.45, 7) is 4.53. The molecule has 4 heterocycles. The highest BCUT2D eigenvalue weighted by Gasteiger charge is 2.62. The predicted molar refractivity (Wildman–Crippen MR) is 124 cm³/mol. The van der Waals surface area contributed by atoms with Crippen LogP contribution in [-0.4, -0.2) is 42.2 Å². The second kappa shape index (κ2) is 7.48. The number of aromatic nitrogens is 6. The third-order valence-corrected chi connectivity index (χ3v) is 8.56. The Kier molecular flexibility index (Phi) is 4.64. The van der Waals surface area contributed by atoms with Crippen LogP contribution in [0.1, 0.15) is 104 Å². The SMILES string of the molecule is Cc1nc2nc([C@@H]3CCO[C@H](c4cnn(C5CC5)c4)C3)nc(C3CC4(C3)CC(F)(F)C4)c2nc1C. The average Bonchev–Trinajstić information content (AvgIpc) is 3.52. The number of hydrogen-bond donors (Lipinski definition) is 0. The van der Waals surface area contributed by atoms with Gasteiger partial charge in [0, 0.05) is 43.0 Å². The third kappa shape index (κ3) is 3.74. The van der Waals surface area contributed by atoms with E-state index >= 15 is 0 Å². The third-order valence-electron chi connectivity index (χ3n) is 8.56. The van der Waals surface area contributed by atoms with Crippen LogP contribution in [0.3, 0.4) is 0 Å². The van der Waals surface area contributed by atoms with E-state index in [1.165, 1.54) is 12.8 Å². The van der Waals surface area contributed by atoms with Gasteiger partial charge >= 0.3 is 0 Å². The summed E-state index contributed by atoms with van der Waals surface area (Å²) in [5.41, 5.74) is 4.86. The van der Waals surface area contributed by atoms with Crippen LogP contribution in [0, 0.1) is 19.3 Å². The minimum absolute atomic E-state index is 0.00632. The number of ether oxygens (including phenoxy) is 1. The van der Waals surface area contributed by atoms with Crippen molar-refractivity contribution in [1.82, 2.24) is 29.7 Å². The molecule has 9 heteroatoms. The maximum absolute atomic E-state index is 13.6. The molecule has 4 fully saturated rings. The molecule has 1 saturated heterocycles. The van der Waals surface area contributed by atoms with Gasteiger partial charge in [0.25, 0.3) is 0 Å². The van der Waals surface area contributed by atoms with E-state index in [0.717, 1.165) is 59.7 Å². The Morgan fingerprint density at radius 1 is 0.971 bits per heavy atom. The molecule has 1 spiro atoms. The summed E-state index contributed by atoms with van der Waals surface area (Å²) in [7, 11) is 0. The van der Waals surface area contributed by atoms with Gasteiger partial charge in [-0.2, -0.15) is 5.10 Å². The molecule has 1 aliphatic heterocycles. The first-order valence-corrected chi connectivity index (χ1v) is 12.8. The summed E-state index contributed by atoms with van der Waals surface area (Å²) in [5, 5.41) is 4.54. The second-order valence-electron chi connectivity index (χ2n) is 11.4. The minimum Gasteiger partial charge on any atom is -0.373 e. The van der Waals surface area contributed by atoms with Crippen molar-refractivity contribution in [3.8, 4) is 0 Å². The fraction of sp³-hybridized carbons (Fsp3) is 0.654. The van der Waals surface area contributed by atoms with Gasteiger partial charge in [-0.1, -0.05) is 0 Å². The fourth-order valence-corrected chi connectivity index (χ4v) is 6.45. The molecule has 0 N–H and O–H groups in total. The van der Waals surface area contributed by atoms with Gasteiger partial charge in [-0.15, -0.1) is 0 Å². The first kappa shape index (κ1) is 21.7. The summed E-state index contributed by atoms with van der Waals surface area (Å²) in [4.78, 5) is 19.5. The average molecular weight is 481 g/mol. The van der Waals surface area contributed by atoms with Gasteiger partial charge in [0.05, 0.1) is 35.4 Å². The molecule has 7 rings (SSSR count). The lowest BCUT2D eigenvalue weighted by Gasteiger charge is -2.57. The second-order valence-corrected chi connectivity index (χ2v) is 11.4. The lowest BCUT2D eigenvalue weighted by molar-refractivity contribution is -0.196. The van der Waals surface area contributed by atoms with E-state index in [0.29, 0.717) is 18.3 Å². The standard InChI is InChI=1S/C26H30F2N6O/c1-14-15(2)31-24-22(30-14)21(17-8-25(9-17)12-26(27,28)13-25)32-23(33-24)16-5-6-35-20(7-16)18-10-29-34(11-18)19-3-4-19/h10-11,16-17,19-20H,3-9,12-13H2,1-2H3/t16-,20+/m1/s1. The van der Waals surface area contributed by atoms with Gasteiger partial charge in [0.2, 0.25) is 5.92 Å². The van der Waals surface area contributed by atoms with Crippen LogP contribution < -0.4 is 0 Å². The quantitative estimate of drug-likeness (QED) is 0.491. The summed E-state index contributed by atoms with van der Waals surface area (Å²) < 4.78 is 35.4. The predicted octanol–water partition coefficient (Wildman–Crippen LogP) is 5.50. The number of alkyl halides is 2. The number of fused-ring (bicyclic) bond motifs is 1. The number of rotatable bonds is 4. The van der Waals surface area contributed by atoms with E-state index in [4.69, 9.17) is 24.7 Å². The van der Waals surface area contributed by atoms with Gasteiger partial charge in [-0.25, -0.2) is 28.7 Å². The van der Waals surface area contributed by atoms with E-state index in [2.05, 4.69) is 16.0 Å². The molecule has 3 aromatic rings. The zero-order chi connectivity index (χ0) is 23.9. The van der Waals surface area contributed by atoms with Crippen molar-refractivity contribution >= 4 is 11.2 Å². The molecule has 7 nitrogen and oxygen atoms in total. The monoisotopic (exact) mass is 480 g/mol. The van der Waals surface area contributed by atoms with E-state index in [1.54, 1.807) is 0 Å². The smallest absolute Gasteiger partial charge is 0.249 e. The molecule has 35 heavy (non-hydrogen) atoms. The first-order valence-electron chi connectivity index (χ1n) is 12.8. The summed E-state index contributed by atoms with van der Waals surface area (Å²) in [6.07, 6.45) is 9.57. The Morgan fingerprint density at radius 3 is 2.49 bits per heavy atom. The number of halogens is 2. The Balaban J connectivity index is 1.19. The van der Waals surface area contributed by atoms with Gasteiger partial charge in [0.1, 0.15) is 11.3 Å².